The van der Waals surface area contributed by atoms with Crippen LogP contribution in [-0.4, -0.2) is 29.2 Å². The van der Waals surface area contributed by atoms with Gasteiger partial charge in [0.1, 0.15) is 11.5 Å². The first-order chi connectivity index (χ1) is 7.15. The van der Waals surface area contributed by atoms with Crippen LogP contribution >= 0.6 is 0 Å². The van der Waals surface area contributed by atoms with Crippen LogP contribution in [0.3, 0.4) is 0 Å². The zero-order valence-corrected chi connectivity index (χ0v) is 9.49. The molecule has 1 aromatic heterocycles. The molecule has 2 heterocycles. The highest BCUT2D eigenvalue weighted by Gasteiger charge is 2.18. The maximum absolute atomic E-state index is 9.57. The Kier molecular flexibility index (Phi) is 3.12. The van der Waals surface area contributed by atoms with Gasteiger partial charge in [0.15, 0.2) is 0 Å². The van der Waals surface area contributed by atoms with Gasteiger partial charge in [-0.05, 0) is 39.3 Å². The van der Waals surface area contributed by atoms with Crippen LogP contribution in [0.2, 0.25) is 0 Å². The van der Waals surface area contributed by atoms with Crippen LogP contribution in [0.4, 0.5) is 0 Å². The molecule has 1 aliphatic rings. The molecule has 2 rings (SSSR count). The molecule has 1 fully saturated rings. The van der Waals surface area contributed by atoms with E-state index in [1.165, 1.54) is 5.56 Å². The van der Waals surface area contributed by atoms with Gasteiger partial charge in [0.25, 0.3) is 0 Å². The summed E-state index contributed by atoms with van der Waals surface area (Å²) in [5.74, 6) is 1.98. The van der Waals surface area contributed by atoms with E-state index >= 15 is 0 Å². The monoisotopic (exact) mass is 209 g/mol. The number of nitrogens with zero attached hydrogens (tertiary/aromatic N) is 1. The second-order valence-electron chi connectivity index (χ2n) is 4.47. The molecule has 15 heavy (non-hydrogen) atoms. The number of aryl methyl sites for hydroxylation is 2. The maximum Gasteiger partial charge on any atom is 0.105 e. The normalized spacial score (nSPS) is 23.3. The molecule has 1 atom stereocenters. The van der Waals surface area contributed by atoms with Crippen molar-refractivity contribution in [2.45, 2.75) is 39.3 Å². The second kappa shape index (κ2) is 4.37. The van der Waals surface area contributed by atoms with Crippen LogP contribution in [0.1, 0.15) is 29.9 Å². The largest absolute Gasteiger partial charge is 0.466 e. The molecule has 1 aromatic rings. The highest BCUT2D eigenvalue weighted by Crippen LogP contribution is 2.18. The first-order valence-corrected chi connectivity index (χ1v) is 5.61. The number of piperidine rings is 1. The van der Waals surface area contributed by atoms with E-state index in [4.69, 9.17) is 4.42 Å². The van der Waals surface area contributed by atoms with Crippen LogP contribution in [-0.2, 0) is 6.54 Å². The summed E-state index contributed by atoms with van der Waals surface area (Å²) in [5.41, 5.74) is 1.25. The number of rotatable bonds is 2. The minimum Gasteiger partial charge on any atom is -0.466 e. The van der Waals surface area contributed by atoms with Gasteiger partial charge in [-0.15, -0.1) is 0 Å². The van der Waals surface area contributed by atoms with Crippen molar-refractivity contribution in [2.75, 3.05) is 13.1 Å². The van der Waals surface area contributed by atoms with E-state index in [9.17, 15) is 5.11 Å². The minimum absolute atomic E-state index is 0.146. The van der Waals surface area contributed by atoms with Crippen LogP contribution in [0.5, 0.6) is 0 Å². The standard InChI is InChI=1S/C12H19NO2/c1-9-6-11(10(2)15-9)7-13-5-3-4-12(14)8-13/h6,12,14H,3-5,7-8H2,1-2H3. The van der Waals surface area contributed by atoms with E-state index in [0.29, 0.717) is 0 Å². The molecular formula is C12H19NO2. The summed E-state index contributed by atoms with van der Waals surface area (Å²) in [6.07, 6.45) is 1.89. The first-order valence-electron chi connectivity index (χ1n) is 5.61. The van der Waals surface area contributed by atoms with Crippen molar-refractivity contribution in [3.05, 3.63) is 23.2 Å². The van der Waals surface area contributed by atoms with E-state index in [0.717, 1.165) is 44.0 Å². The molecule has 1 saturated heterocycles. The highest BCUT2D eigenvalue weighted by molar-refractivity contribution is 5.19. The predicted octanol–water partition coefficient (Wildman–Crippen LogP) is 1.85. The van der Waals surface area contributed by atoms with Crippen molar-refractivity contribution in [3.8, 4) is 0 Å². The molecule has 84 valence electrons. The molecule has 0 aromatic carbocycles. The summed E-state index contributed by atoms with van der Waals surface area (Å²) in [7, 11) is 0. The maximum atomic E-state index is 9.57. The molecule has 0 amide bonds. The summed E-state index contributed by atoms with van der Waals surface area (Å²) in [6, 6.07) is 2.09. The molecule has 1 aliphatic heterocycles. The van der Waals surface area contributed by atoms with Crippen molar-refractivity contribution in [1.82, 2.24) is 4.90 Å². The lowest BCUT2D eigenvalue weighted by Gasteiger charge is -2.29. The Morgan fingerprint density at radius 3 is 2.93 bits per heavy atom. The lowest BCUT2D eigenvalue weighted by atomic mass is 10.1. The topological polar surface area (TPSA) is 36.6 Å². The zero-order valence-electron chi connectivity index (χ0n) is 9.49. The van der Waals surface area contributed by atoms with Gasteiger partial charge in [0.05, 0.1) is 6.10 Å². The number of hydrogen-bond donors (Lipinski definition) is 1. The lowest BCUT2D eigenvalue weighted by molar-refractivity contribution is 0.0666. The number of aliphatic hydroxyl groups excluding tert-OH is 1. The molecule has 0 aliphatic carbocycles. The summed E-state index contributed by atoms with van der Waals surface area (Å²) in [4.78, 5) is 2.30. The molecular weight excluding hydrogens is 190 g/mol. The molecule has 0 saturated carbocycles. The summed E-state index contributed by atoms with van der Waals surface area (Å²) >= 11 is 0. The van der Waals surface area contributed by atoms with E-state index in [1.54, 1.807) is 0 Å². The Bertz CT molecular complexity index is 332. The predicted molar refractivity (Wildman–Crippen MR) is 58.7 cm³/mol. The summed E-state index contributed by atoms with van der Waals surface area (Å²) < 4.78 is 5.49. The number of furan rings is 1. The van der Waals surface area contributed by atoms with Crippen molar-refractivity contribution in [3.63, 3.8) is 0 Å². The average Bonchev–Trinajstić information content (AvgIpc) is 2.45. The Hall–Kier alpha value is -0.800. The molecule has 0 radical (unpaired) electrons. The van der Waals surface area contributed by atoms with Crippen molar-refractivity contribution in [2.24, 2.45) is 0 Å². The first kappa shape index (κ1) is 10.7. The number of hydrogen-bond acceptors (Lipinski definition) is 3. The van der Waals surface area contributed by atoms with Crippen molar-refractivity contribution >= 4 is 0 Å². The highest BCUT2D eigenvalue weighted by atomic mass is 16.3. The van der Waals surface area contributed by atoms with E-state index in [2.05, 4.69) is 11.0 Å². The fourth-order valence-electron chi connectivity index (χ4n) is 2.26. The third-order valence-corrected chi connectivity index (χ3v) is 3.02. The number of aliphatic hydroxyl groups is 1. The summed E-state index contributed by atoms with van der Waals surface area (Å²) in [6.45, 7) is 6.76. The third kappa shape index (κ3) is 2.61. The minimum atomic E-state index is -0.146. The van der Waals surface area contributed by atoms with E-state index in [1.807, 2.05) is 13.8 Å². The fourth-order valence-corrected chi connectivity index (χ4v) is 2.26. The molecule has 3 heteroatoms. The third-order valence-electron chi connectivity index (χ3n) is 3.02. The van der Waals surface area contributed by atoms with Gasteiger partial charge in [-0.25, -0.2) is 0 Å². The smallest absolute Gasteiger partial charge is 0.105 e. The Morgan fingerprint density at radius 1 is 1.53 bits per heavy atom. The number of β-amino-alcohol motifs (C(OH)–C–C–N with tert-alkyl or cyclic N) is 1. The van der Waals surface area contributed by atoms with Gasteiger partial charge in [0, 0.05) is 18.7 Å². The second-order valence-corrected chi connectivity index (χ2v) is 4.47. The Labute approximate surface area is 90.7 Å². The van der Waals surface area contributed by atoms with Gasteiger partial charge >= 0.3 is 0 Å². The molecule has 0 bridgehead atoms. The van der Waals surface area contributed by atoms with Crippen LogP contribution in [0, 0.1) is 13.8 Å². The van der Waals surface area contributed by atoms with E-state index in [-0.39, 0.29) is 6.10 Å². The summed E-state index contributed by atoms with van der Waals surface area (Å²) in [5, 5.41) is 9.57. The van der Waals surface area contributed by atoms with E-state index < -0.39 is 0 Å². The van der Waals surface area contributed by atoms with Gasteiger partial charge in [0.2, 0.25) is 0 Å². The lowest BCUT2D eigenvalue weighted by Crippen LogP contribution is -2.37. The zero-order chi connectivity index (χ0) is 10.8. The SMILES string of the molecule is Cc1cc(CN2CCCC(O)C2)c(C)o1. The fraction of sp³-hybridized carbons (Fsp3) is 0.667. The van der Waals surface area contributed by atoms with Crippen LogP contribution in [0.15, 0.2) is 10.5 Å². The average molecular weight is 209 g/mol. The molecule has 1 unspecified atom stereocenters. The van der Waals surface area contributed by atoms with Gasteiger partial charge in [-0.2, -0.15) is 0 Å². The van der Waals surface area contributed by atoms with Crippen molar-refractivity contribution in [1.29, 1.82) is 0 Å². The van der Waals surface area contributed by atoms with Gasteiger partial charge < -0.3 is 9.52 Å². The van der Waals surface area contributed by atoms with Crippen LogP contribution in [0.25, 0.3) is 0 Å². The van der Waals surface area contributed by atoms with Gasteiger partial charge in [-0.1, -0.05) is 0 Å². The van der Waals surface area contributed by atoms with Crippen molar-refractivity contribution < 1.29 is 9.52 Å². The quantitative estimate of drug-likeness (QED) is 0.807. The Morgan fingerprint density at radius 2 is 2.33 bits per heavy atom. The molecule has 0 spiro atoms. The van der Waals surface area contributed by atoms with Crippen LogP contribution < -0.4 is 0 Å². The molecule has 3 nitrogen and oxygen atoms in total. The Balaban J connectivity index is 1.99. The van der Waals surface area contributed by atoms with Gasteiger partial charge in [-0.3, -0.25) is 4.90 Å². The molecule has 1 N–H and O–H groups in total. The number of likely N-dealkylation sites (tertiary alicyclic amines) is 1.